The summed E-state index contributed by atoms with van der Waals surface area (Å²) in [4.78, 5) is 8.16. The van der Waals surface area contributed by atoms with Crippen LogP contribution in [0.15, 0.2) is 24.5 Å². The smallest absolute Gasteiger partial charge is 0.137 e. The first-order chi connectivity index (χ1) is 8.24. The molecule has 2 unspecified atom stereocenters. The minimum atomic E-state index is -0.319. The molecule has 1 saturated carbocycles. The first-order valence-corrected chi connectivity index (χ1v) is 5.59. The van der Waals surface area contributed by atoms with Gasteiger partial charge in [0.2, 0.25) is 0 Å². The second kappa shape index (κ2) is 3.92. The van der Waals surface area contributed by atoms with Crippen LogP contribution in [0.3, 0.4) is 0 Å². The van der Waals surface area contributed by atoms with Crippen molar-refractivity contribution in [2.75, 3.05) is 5.32 Å². The number of benzene rings is 1. The normalized spacial score (nSPS) is 23.4. The second-order valence-electron chi connectivity index (χ2n) is 4.28. The van der Waals surface area contributed by atoms with Crippen molar-refractivity contribution in [1.82, 2.24) is 9.97 Å². The van der Waals surface area contributed by atoms with Crippen molar-refractivity contribution >= 4 is 16.7 Å². The third kappa shape index (κ3) is 1.82. The van der Waals surface area contributed by atoms with Crippen molar-refractivity contribution in [3.8, 4) is 0 Å². The van der Waals surface area contributed by atoms with Gasteiger partial charge in [0.1, 0.15) is 18.0 Å². The predicted molar refractivity (Wildman–Crippen MR) is 62.1 cm³/mol. The maximum atomic E-state index is 13.0. The molecule has 0 aliphatic heterocycles. The fraction of sp³-hybridized carbons (Fsp3) is 0.333. The number of aromatic nitrogens is 2. The summed E-state index contributed by atoms with van der Waals surface area (Å²) in [6.07, 6.45) is 2.82. The lowest BCUT2D eigenvalue weighted by atomic mass is 9.89. The van der Waals surface area contributed by atoms with Gasteiger partial charge in [-0.1, -0.05) is 0 Å². The minimum Gasteiger partial charge on any atom is -0.391 e. The molecule has 4 nitrogen and oxygen atoms in total. The van der Waals surface area contributed by atoms with Gasteiger partial charge in [0, 0.05) is 11.5 Å². The Bertz CT molecular complexity index is 560. The number of aliphatic hydroxyl groups excluding tert-OH is 1. The molecule has 0 amide bonds. The van der Waals surface area contributed by atoms with E-state index in [4.69, 9.17) is 0 Å². The fourth-order valence-corrected chi connectivity index (χ4v) is 1.97. The molecule has 0 bridgehead atoms. The van der Waals surface area contributed by atoms with Crippen molar-refractivity contribution in [3.05, 3.63) is 30.3 Å². The van der Waals surface area contributed by atoms with Crippen molar-refractivity contribution in [1.29, 1.82) is 0 Å². The van der Waals surface area contributed by atoms with Crippen LogP contribution < -0.4 is 5.32 Å². The zero-order valence-electron chi connectivity index (χ0n) is 9.10. The van der Waals surface area contributed by atoms with Crippen LogP contribution in [-0.2, 0) is 0 Å². The lowest BCUT2D eigenvalue weighted by molar-refractivity contribution is 0.0785. The maximum Gasteiger partial charge on any atom is 0.137 e. The van der Waals surface area contributed by atoms with Crippen molar-refractivity contribution < 1.29 is 9.50 Å². The van der Waals surface area contributed by atoms with E-state index in [1.54, 1.807) is 6.07 Å². The van der Waals surface area contributed by atoms with Gasteiger partial charge in [-0.2, -0.15) is 0 Å². The summed E-state index contributed by atoms with van der Waals surface area (Å²) < 4.78 is 13.0. The molecule has 1 aliphatic rings. The number of anilines is 1. The van der Waals surface area contributed by atoms with Gasteiger partial charge < -0.3 is 10.4 Å². The lowest BCUT2D eigenvalue weighted by Gasteiger charge is -2.33. The van der Waals surface area contributed by atoms with E-state index in [2.05, 4.69) is 15.3 Å². The summed E-state index contributed by atoms with van der Waals surface area (Å²) in [6.45, 7) is 0. The summed E-state index contributed by atoms with van der Waals surface area (Å²) in [5.74, 6) is 0.338. The summed E-state index contributed by atoms with van der Waals surface area (Å²) in [6, 6.07) is 4.45. The molecular weight excluding hydrogens is 221 g/mol. The molecule has 1 heterocycles. The third-order valence-electron chi connectivity index (χ3n) is 3.16. The van der Waals surface area contributed by atoms with Gasteiger partial charge in [0.05, 0.1) is 17.7 Å². The molecule has 1 aromatic carbocycles. The Balaban J connectivity index is 1.98. The summed E-state index contributed by atoms with van der Waals surface area (Å²) in [5.41, 5.74) is 0.566. The fourth-order valence-electron chi connectivity index (χ4n) is 1.97. The van der Waals surface area contributed by atoms with Crippen molar-refractivity contribution in [2.24, 2.45) is 0 Å². The SMILES string of the molecule is OC1CCC1Nc1ncnc2cc(F)ccc12. The molecule has 88 valence electrons. The molecule has 2 aromatic rings. The number of hydrogen-bond donors (Lipinski definition) is 2. The molecule has 5 heteroatoms. The summed E-state index contributed by atoms with van der Waals surface area (Å²) >= 11 is 0. The van der Waals surface area contributed by atoms with Crippen LogP contribution in [0.1, 0.15) is 12.8 Å². The topological polar surface area (TPSA) is 58.0 Å². The van der Waals surface area contributed by atoms with Crippen LogP contribution in [0.4, 0.5) is 10.2 Å². The second-order valence-corrected chi connectivity index (χ2v) is 4.28. The molecule has 3 rings (SSSR count). The number of fused-ring (bicyclic) bond motifs is 1. The lowest BCUT2D eigenvalue weighted by Crippen LogP contribution is -2.42. The highest BCUT2D eigenvalue weighted by atomic mass is 19.1. The van der Waals surface area contributed by atoms with Gasteiger partial charge in [-0.3, -0.25) is 0 Å². The van der Waals surface area contributed by atoms with Crippen molar-refractivity contribution in [3.63, 3.8) is 0 Å². The van der Waals surface area contributed by atoms with Gasteiger partial charge in [-0.25, -0.2) is 14.4 Å². The van der Waals surface area contributed by atoms with E-state index in [0.29, 0.717) is 11.3 Å². The maximum absolute atomic E-state index is 13.0. The van der Waals surface area contributed by atoms with Gasteiger partial charge in [-0.05, 0) is 25.0 Å². The van der Waals surface area contributed by atoms with Gasteiger partial charge in [0.15, 0.2) is 0 Å². The number of aliphatic hydroxyl groups is 1. The van der Waals surface area contributed by atoms with Crippen LogP contribution in [-0.4, -0.2) is 27.2 Å². The van der Waals surface area contributed by atoms with Crippen molar-refractivity contribution in [2.45, 2.75) is 25.0 Å². The Morgan fingerprint density at radius 1 is 1.29 bits per heavy atom. The molecular formula is C12H12FN3O. The molecule has 0 saturated heterocycles. The van der Waals surface area contributed by atoms with Crippen LogP contribution in [0.25, 0.3) is 10.9 Å². The Hall–Kier alpha value is -1.75. The van der Waals surface area contributed by atoms with E-state index < -0.39 is 0 Å². The highest BCUT2D eigenvalue weighted by molar-refractivity contribution is 5.88. The number of rotatable bonds is 2. The summed E-state index contributed by atoms with van der Waals surface area (Å²) in [5, 5.41) is 13.5. The van der Waals surface area contributed by atoms with Gasteiger partial charge >= 0.3 is 0 Å². The quantitative estimate of drug-likeness (QED) is 0.829. The van der Waals surface area contributed by atoms with Gasteiger partial charge in [-0.15, -0.1) is 0 Å². The van der Waals surface area contributed by atoms with E-state index in [1.165, 1.54) is 18.5 Å². The molecule has 1 fully saturated rings. The van der Waals surface area contributed by atoms with E-state index in [-0.39, 0.29) is 18.0 Å². The number of hydrogen-bond acceptors (Lipinski definition) is 4. The van der Waals surface area contributed by atoms with E-state index >= 15 is 0 Å². The molecule has 1 aliphatic carbocycles. The highest BCUT2D eigenvalue weighted by Gasteiger charge is 2.29. The Kier molecular flexibility index (Phi) is 2.40. The average molecular weight is 233 g/mol. The first kappa shape index (κ1) is 10.4. The van der Waals surface area contributed by atoms with Gasteiger partial charge in [0.25, 0.3) is 0 Å². The Morgan fingerprint density at radius 3 is 2.88 bits per heavy atom. The zero-order chi connectivity index (χ0) is 11.8. The molecule has 0 spiro atoms. The predicted octanol–water partition coefficient (Wildman–Crippen LogP) is 1.70. The monoisotopic (exact) mass is 233 g/mol. The molecule has 17 heavy (non-hydrogen) atoms. The minimum absolute atomic E-state index is 0.0400. The average Bonchev–Trinajstić information content (AvgIpc) is 2.33. The van der Waals surface area contributed by atoms with E-state index in [1.807, 2.05) is 0 Å². The number of nitrogens with one attached hydrogen (secondary N) is 1. The number of nitrogens with zero attached hydrogens (tertiary/aromatic N) is 2. The van der Waals surface area contributed by atoms with Crippen LogP contribution >= 0.6 is 0 Å². The molecule has 2 atom stereocenters. The van der Waals surface area contributed by atoms with Crippen LogP contribution in [0.5, 0.6) is 0 Å². The van der Waals surface area contributed by atoms with E-state index in [9.17, 15) is 9.50 Å². The standard InChI is InChI=1S/C12H12FN3O/c13-7-1-2-8-10(5-7)14-6-15-12(8)16-9-3-4-11(9)17/h1-2,5-6,9,11,17H,3-4H2,(H,14,15,16). The zero-order valence-corrected chi connectivity index (χ0v) is 9.10. The highest BCUT2D eigenvalue weighted by Crippen LogP contribution is 2.26. The first-order valence-electron chi connectivity index (χ1n) is 5.59. The van der Waals surface area contributed by atoms with Crippen LogP contribution in [0.2, 0.25) is 0 Å². The van der Waals surface area contributed by atoms with E-state index in [0.717, 1.165) is 18.2 Å². The number of halogens is 1. The van der Waals surface area contributed by atoms with Crippen LogP contribution in [0, 0.1) is 5.82 Å². The Morgan fingerprint density at radius 2 is 2.18 bits per heavy atom. The Labute approximate surface area is 97.5 Å². The molecule has 2 N–H and O–H groups in total. The summed E-state index contributed by atoms with van der Waals surface area (Å²) in [7, 11) is 0. The molecule has 1 aromatic heterocycles. The third-order valence-corrected chi connectivity index (χ3v) is 3.16. The largest absolute Gasteiger partial charge is 0.391 e. The molecule has 0 radical (unpaired) electrons.